The van der Waals surface area contributed by atoms with Gasteiger partial charge in [-0.15, -0.1) is 0 Å². The van der Waals surface area contributed by atoms with Gasteiger partial charge in [0.05, 0.1) is 0 Å². The average molecular weight is 283 g/mol. The summed E-state index contributed by atoms with van der Waals surface area (Å²) in [7, 11) is 0. The van der Waals surface area contributed by atoms with E-state index in [0.29, 0.717) is 5.57 Å². The van der Waals surface area contributed by atoms with Crippen molar-refractivity contribution in [2.24, 2.45) is 5.41 Å². The molecular formula is C13H15BrO2. The number of hydrogen-bond donors (Lipinski definition) is 1. The molecule has 1 aromatic carbocycles. The fourth-order valence-corrected chi connectivity index (χ4v) is 1.75. The van der Waals surface area contributed by atoms with Gasteiger partial charge in [-0.2, -0.15) is 0 Å². The number of rotatable bonds is 2. The van der Waals surface area contributed by atoms with Crippen LogP contribution < -0.4 is 0 Å². The molecule has 0 saturated carbocycles. The minimum atomic E-state index is -0.872. The monoisotopic (exact) mass is 282 g/mol. The lowest BCUT2D eigenvalue weighted by atomic mass is 9.85. The van der Waals surface area contributed by atoms with Gasteiger partial charge in [0.25, 0.3) is 0 Å². The number of carboxylic acid groups (broad SMARTS) is 1. The molecule has 0 radical (unpaired) electrons. The van der Waals surface area contributed by atoms with Crippen molar-refractivity contribution < 1.29 is 9.90 Å². The van der Waals surface area contributed by atoms with Crippen molar-refractivity contribution in [2.45, 2.75) is 20.8 Å². The van der Waals surface area contributed by atoms with Crippen LogP contribution in [0.25, 0.3) is 6.08 Å². The summed E-state index contributed by atoms with van der Waals surface area (Å²) in [5.41, 5.74) is 0.912. The zero-order chi connectivity index (χ0) is 12.3. The molecule has 0 heterocycles. The van der Waals surface area contributed by atoms with E-state index in [4.69, 9.17) is 0 Å². The number of hydrogen-bond acceptors (Lipinski definition) is 1. The maximum Gasteiger partial charge on any atom is 0.332 e. The lowest BCUT2D eigenvalue weighted by molar-refractivity contribution is -0.133. The fourth-order valence-electron chi connectivity index (χ4n) is 1.35. The second kappa shape index (κ2) is 4.83. The predicted molar refractivity (Wildman–Crippen MR) is 69.2 cm³/mol. The molecule has 0 aliphatic carbocycles. The Balaban J connectivity index is 3.24. The van der Waals surface area contributed by atoms with Gasteiger partial charge in [0.15, 0.2) is 0 Å². The van der Waals surface area contributed by atoms with Gasteiger partial charge in [-0.1, -0.05) is 54.9 Å². The fraction of sp³-hybridized carbons (Fsp3) is 0.308. The van der Waals surface area contributed by atoms with Crippen LogP contribution in [0, 0.1) is 5.41 Å². The van der Waals surface area contributed by atoms with Crippen molar-refractivity contribution >= 4 is 28.0 Å². The molecule has 3 heteroatoms. The molecule has 1 rings (SSSR count). The molecule has 0 fully saturated rings. The van der Waals surface area contributed by atoms with Crippen molar-refractivity contribution in [2.75, 3.05) is 0 Å². The summed E-state index contributed by atoms with van der Waals surface area (Å²) in [6.07, 6.45) is 1.71. The van der Waals surface area contributed by atoms with E-state index in [9.17, 15) is 9.90 Å². The van der Waals surface area contributed by atoms with Crippen LogP contribution in [0.15, 0.2) is 34.3 Å². The number of carboxylic acids is 1. The highest BCUT2D eigenvalue weighted by atomic mass is 79.9. The van der Waals surface area contributed by atoms with Gasteiger partial charge < -0.3 is 5.11 Å². The minimum absolute atomic E-state index is 0.374. The van der Waals surface area contributed by atoms with Crippen LogP contribution in [0.5, 0.6) is 0 Å². The minimum Gasteiger partial charge on any atom is -0.478 e. The van der Waals surface area contributed by atoms with E-state index in [1.54, 1.807) is 6.08 Å². The first-order chi connectivity index (χ1) is 7.32. The summed E-state index contributed by atoms with van der Waals surface area (Å²) in [5.74, 6) is -0.872. The maximum absolute atomic E-state index is 11.2. The molecule has 0 bridgehead atoms. The third-order valence-electron chi connectivity index (χ3n) is 2.24. The number of halogens is 1. The lowest BCUT2D eigenvalue weighted by Crippen LogP contribution is -2.17. The van der Waals surface area contributed by atoms with E-state index < -0.39 is 5.97 Å². The Hall–Kier alpha value is -1.09. The smallest absolute Gasteiger partial charge is 0.332 e. The van der Waals surface area contributed by atoms with Crippen LogP contribution in [0.4, 0.5) is 0 Å². The molecule has 0 amide bonds. The molecule has 2 nitrogen and oxygen atoms in total. The molecule has 0 unspecified atom stereocenters. The number of aliphatic carboxylic acids is 1. The van der Waals surface area contributed by atoms with E-state index in [2.05, 4.69) is 15.9 Å². The first-order valence-corrected chi connectivity index (χ1v) is 5.81. The van der Waals surface area contributed by atoms with Crippen LogP contribution >= 0.6 is 15.9 Å². The Kier molecular flexibility index (Phi) is 3.92. The second-order valence-electron chi connectivity index (χ2n) is 4.63. The second-order valence-corrected chi connectivity index (χ2v) is 5.49. The predicted octanol–water partition coefficient (Wildman–Crippen LogP) is 3.96. The summed E-state index contributed by atoms with van der Waals surface area (Å²) in [6, 6.07) is 7.57. The Labute approximate surface area is 104 Å². The topological polar surface area (TPSA) is 37.3 Å². The number of benzene rings is 1. The van der Waals surface area contributed by atoms with Gasteiger partial charge in [-0.05, 0) is 23.1 Å². The quantitative estimate of drug-likeness (QED) is 0.834. The molecule has 0 spiro atoms. The summed E-state index contributed by atoms with van der Waals surface area (Å²) >= 11 is 3.40. The SMILES string of the molecule is CC(C)(C)/C(=C/c1ccccc1Br)C(=O)O. The van der Waals surface area contributed by atoms with Gasteiger partial charge in [0.1, 0.15) is 0 Å². The highest BCUT2D eigenvalue weighted by Gasteiger charge is 2.23. The Bertz CT molecular complexity index is 428. The van der Waals surface area contributed by atoms with E-state index in [1.165, 1.54) is 0 Å². The molecule has 1 N–H and O–H groups in total. The molecule has 1 aromatic rings. The highest BCUT2D eigenvalue weighted by molar-refractivity contribution is 9.10. The van der Waals surface area contributed by atoms with Crippen molar-refractivity contribution in [3.63, 3.8) is 0 Å². The van der Waals surface area contributed by atoms with Crippen molar-refractivity contribution in [1.29, 1.82) is 0 Å². The molecule has 0 atom stereocenters. The summed E-state index contributed by atoms with van der Waals surface area (Å²) in [5, 5.41) is 9.18. The Morgan fingerprint density at radius 2 is 1.88 bits per heavy atom. The van der Waals surface area contributed by atoms with E-state index in [1.807, 2.05) is 45.0 Å². The maximum atomic E-state index is 11.2. The first-order valence-electron chi connectivity index (χ1n) is 5.02. The molecular weight excluding hydrogens is 268 g/mol. The van der Waals surface area contributed by atoms with Gasteiger partial charge in [-0.25, -0.2) is 4.79 Å². The average Bonchev–Trinajstić information content (AvgIpc) is 2.14. The van der Waals surface area contributed by atoms with Crippen LogP contribution in [0.2, 0.25) is 0 Å². The highest BCUT2D eigenvalue weighted by Crippen LogP contribution is 2.29. The van der Waals surface area contributed by atoms with E-state index in [-0.39, 0.29) is 5.41 Å². The van der Waals surface area contributed by atoms with E-state index in [0.717, 1.165) is 10.0 Å². The van der Waals surface area contributed by atoms with Crippen LogP contribution in [0.1, 0.15) is 26.3 Å². The molecule has 86 valence electrons. The van der Waals surface area contributed by atoms with Crippen LogP contribution in [-0.4, -0.2) is 11.1 Å². The van der Waals surface area contributed by atoms with Gasteiger partial charge in [-0.3, -0.25) is 0 Å². The first kappa shape index (κ1) is 13.0. The van der Waals surface area contributed by atoms with E-state index >= 15 is 0 Å². The standard InChI is InChI=1S/C13H15BrO2/c1-13(2,3)10(12(15)16)8-9-6-4-5-7-11(9)14/h4-8H,1-3H3,(H,15,16)/b10-8+. The molecule has 0 aromatic heterocycles. The summed E-state index contributed by atoms with van der Waals surface area (Å²) in [6.45, 7) is 5.68. The van der Waals surface area contributed by atoms with Gasteiger partial charge >= 0.3 is 5.97 Å². The van der Waals surface area contributed by atoms with Crippen molar-refractivity contribution in [3.8, 4) is 0 Å². The Morgan fingerprint density at radius 1 is 1.31 bits per heavy atom. The van der Waals surface area contributed by atoms with Gasteiger partial charge in [0, 0.05) is 10.0 Å². The molecule has 0 aliphatic heterocycles. The third kappa shape index (κ3) is 3.20. The van der Waals surface area contributed by atoms with Crippen LogP contribution in [0.3, 0.4) is 0 Å². The largest absolute Gasteiger partial charge is 0.478 e. The van der Waals surface area contributed by atoms with Gasteiger partial charge in [0.2, 0.25) is 0 Å². The normalized spacial score (nSPS) is 12.6. The zero-order valence-electron chi connectivity index (χ0n) is 9.62. The van der Waals surface area contributed by atoms with Crippen LogP contribution in [-0.2, 0) is 4.79 Å². The zero-order valence-corrected chi connectivity index (χ0v) is 11.2. The molecule has 0 aliphatic rings. The Morgan fingerprint density at radius 3 is 2.31 bits per heavy atom. The third-order valence-corrected chi connectivity index (χ3v) is 2.97. The van der Waals surface area contributed by atoms with Crippen molar-refractivity contribution in [3.05, 3.63) is 39.9 Å². The summed E-state index contributed by atoms with van der Waals surface area (Å²) in [4.78, 5) is 11.2. The number of carbonyl (C=O) groups is 1. The molecule has 16 heavy (non-hydrogen) atoms. The molecule has 0 saturated heterocycles. The van der Waals surface area contributed by atoms with Crippen molar-refractivity contribution in [1.82, 2.24) is 0 Å². The summed E-state index contributed by atoms with van der Waals surface area (Å²) < 4.78 is 0.901. The lowest BCUT2D eigenvalue weighted by Gasteiger charge is -2.19.